The van der Waals surface area contributed by atoms with Crippen LogP contribution in [-0.2, 0) is 0 Å². The van der Waals surface area contributed by atoms with E-state index in [0.717, 1.165) is 10.9 Å². The van der Waals surface area contributed by atoms with E-state index in [1.807, 2.05) is 6.20 Å². The molecule has 3 nitrogen and oxygen atoms in total. The molecule has 1 aliphatic rings. The van der Waals surface area contributed by atoms with Gasteiger partial charge in [-0.1, -0.05) is 37.2 Å². The maximum atomic E-state index is 5.76. The van der Waals surface area contributed by atoms with E-state index >= 15 is 0 Å². The van der Waals surface area contributed by atoms with Gasteiger partial charge in [-0.2, -0.15) is 0 Å². The third-order valence-corrected chi connectivity index (χ3v) is 4.86. The van der Waals surface area contributed by atoms with Gasteiger partial charge in [-0.15, -0.1) is 11.8 Å². The van der Waals surface area contributed by atoms with E-state index in [0.29, 0.717) is 10.4 Å². The summed E-state index contributed by atoms with van der Waals surface area (Å²) in [5.74, 6) is 0.966. The highest BCUT2D eigenvalue weighted by Crippen LogP contribution is 2.32. The monoisotopic (exact) mass is 403 g/mol. The molecule has 1 rings (SSSR count). The number of amidine groups is 1. The highest BCUT2D eigenvalue weighted by atomic mass is 127. The summed E-state index contributed by atoms with van der Waals surface area (Å²) >= 11 is 11.4. The van der Waals surface area contributed by atoms with Gasteiger partial charge in [0.05, 0.1) is 28.9 Å². The van der Waals surface area contributed by atoms with E-state index < -0.39 is 0 Å². The zero-order valence-corrected chi connectivity index (χ0v) is 14.5. The number of hydrogen-bond acceptors (Lipinski definition) is 5. The van der Waals surface area contributed by atoms with Gasteiger partial charge in [-0.25, -0.2) is 4.99 Å². The lowest BCUT2D eigenvalue weighted by Gasteiger charge is -2.12. The molecule has 0 aromatic rings. The van der Waals surface area contributed by atoms with E-state index in [2.05, 4.69) is 50.2 Å². The first-order valence-electron chi connectivity index (χ1n) is 5.16. The molecule has 0 aromatic heterocycles. The Balaban J connectivity index is 2.80. The Morgan fingerprint density at radius 1 is 1.76 bits per heavy atom. The molecule has 0 aromatic carbocycles. The van der Waals surface area contributed by atoms with Crippen LogP contribution in [0.2, 0.25) is 0 Å². The zero-order valence-electron chi connectivity index (χ0n) is 9.91. The van der Waals surface area contributed by atoms with Gasteiger partial charge >= 0.3 is 0 Å². The van der Waals surface area contributed by atoms with Gasteiger partial charge in [0.15, 0.2) is 5.17 Å². The largest absolute Gasteiger partial charge is 0.308 e. The van der Waals surface area contributed by atoms with Crippen molar-refractivity contribution in [2.24, 2.45) is 9.98 Å². The number of thioether (sulfide) groups is 2. The highest BCUT2D eigenvalue weighted by molar-refractivity contribution is 14.1. The Labute approximate surface area is 130 Å². The van der Waals surface area contributed by atoms with Crippen LogP contribution in [0.4, 0.5) is 0 Å². The number of rotatable bonds is 4. The molecule has 0 saturated carbocycles. The fourth-order valence-electron chi connectivity index (χ4n) is 1.19. The van der Waals surface area contributed by atoms with Gasteiger partial charge in [-0.05, 0) is 6.92 Å². The van der Waals surface area contributed by atoms with Crippen LogP contribution >= 0.6 is 58.0 Å². The van der Waals surface area contributed by atoms with Crippen molar-refractivity contribution in [1.82, 2.24) is 3.53 Å². The average molecular weight is 404 g/mol. The second-order valence-corrected chi connectivity index (χ2v) is 7.42. The summed E-state index contributed by atoms with van der Waals surface area (Å²) in [4.78, 5) is 9.94. The molecule has 96 valence electrons. The van der Waals surface area contributed by atoms with Crippen molar-refractivity contribution in [1.29, 1.82) is 0 Å². The molecule has 0 bridgehead atoms. The van der Waals surface area contributed by atoms with E-state index in [1.54, 1.807) is 30.4 Å². The van der Waals surface area contributed by atoms with Crippen molar-refractivity contribution in [3.8, 4) is 0 Å². The first-order valence-corrected chi connectivity index (χ1v) is 8.49. The van der Waals surface area contributed by atoms with E-state index in [4.69, 9.17) is 11.6 Å². The second kappa shape index (κ2) is 7.91. The van der Waals surface area contributed by atoms with Crippen molar-refractivity contribution in [2.45, 2.75) is 32.1 Å². The third kappa shape index (κ3) is 5.85. The molecule has 17 heavy (non-hydrogen) atoms. The minimum Gasteiger partial charge on any atom is -0.308 e. The second-order valence-electron chi connectivity index (χ2n) is 3.68. The topological polar surface area (TPSA) is 36.8 Å². The Morgan fingerprint density at radius 2 is 2.47 bits per heavy atom. The van der Waals surface area contributed by atoms with Crippen molar-refractivity contribution in [3.05, 3.63) is 11.1 Å². The van der Waals surface area contributed by atoms with Crippen molar-refractivity contribution < 1.29 is 0 Å². The van der Waals surface area contributed by atoms with Gasteiger partial charge in [0, 0.05) is 22.1 Å². The molecule has 0 aliphatic carbocycles. The average Bonchev–Trinajstić information content (AvgIpc) is 2.71. The molecule has 0 fully saturated rings. The Hall–Kier alpha value is 0.600. The standard InChI is InChI=1S/C10H15ClIN3S2/c1-6(2)17-9(4-13-7(3)11)8-5-16-10(14-8)15-12/h4,6,8H,5H2,1-3H3,(H,14,15)/b9-4-,13-7?. The lowest BCUT2D eigenvalue weighted by molar-refractivity contribution is 0.934. The van der Waals surface area contributed by atoms with Crippen molar-refractivity contribution >= 4 is 68.3 Å². The van der Waals surface area contributed by atoms with Crippen LogP contribution in [0.5, 0.6) is 0 Å². The van der Waals surface area contributed by atoms with Gasteiger partial charge in [0.1, 0.15) is 5.17 Å². The lowest BCUT2D eigenvalue weighted by atomic mass is 10.3. The van der Waals surface area contributed by atoms with Crippen molar-refractivity contribution in [3.63, 3.8) is 0 Å². The van der Waals surface area contributed by atoms with Crippen LogP contribution in [0.3, 0.4) is 0 Å². The van der Waals surface area contributed by atoms with E-state index in [1.165, 1.54) is 4.91 Å². The SMILES string of the molecule is CC(Cl)=N/C=C(\SC(C)C)C1CSC(NI)=N1. The molecule has 1 unspecified atom stereocenters. The predicted octanol–water partition coefficient (Wildman–Crippen LogP) is 4.04. The molecule has 1 atom stereocenters. The molecule has 0 radical (unpaired) electrons. The van der Waals surface area contributed by atoms with Crippen LogP contribution in [0, 0.1) is 0 Å². The summed E-state index contributed by atoms with van der Waals surface area (Å²) in [5, 5.41) is 2.05. The minimum absolute atomic E-state index is 0.199. The van der Waals surface area contributed by atoms with E-state index in [-0.39, 0.29) is 6.04 Å². The lowest BCUT2D eigenvalue weighted by Crippen LogP contribution is -2.08. The molecule has 0 spiro atoms. The smallest absolute Gasteiger partial charge is 0.166 e. The fourth-order valence-corrected chi connectivity index (χ4v) is 3.73. The molecule has 1 aliphatic heterocycles. The minimum atomic E-state index is 0.199. The Bertz CT molecular complexity index is 351. The normalized spacial score (nSPS) is 22.0. The summed E-state index contributed by atoms with van der Waals surface area (Å²) in [5.41, 5.74) is 0. The van der Waals surface area contributed by atoms with Gasteiger partial charge in [0.2, 0.25) is 0 Å². The van der Waals surface area contributed by atoms with Crippen LogP contribution < -0.4 is 3.53 Å². The van der Waals surface area contributed by atoms with Gasteiger partial charge in [0.25, 0.3) is 0 Å². The summed E-state index contributed by atoms with van der Waals surface area (Å²) in [7, 11) is 0. The van der Waals surface area contributed by atoms with Crippen LogP contribution in [-0.4, -0.2) is 27.4 Å². The fraction of sp³-hybridized carbons (Fsp3) is 0.600. The van der Waals surface area contributed by atoms with Gasteiger partial charge in [-0.3, -0.25) is 4.99 Å². The number of aliphatic imine (C=N–C) groups is 2. The Kier molecular flexibility index (Phi) is 7.28. The molecular weight excluding hydrogens is 389 g/mol. The maximum absolute atomic E-state index is 5.76. The first-order chi connectivity index (χ1) is 8.02. The summed E-state index contributed by atoms with van der Waals surface area (Å²) in [6.07, 6.45) is 1.85. The number of nitrogens with one attached hydrogen (secondary N) is 1. The first kappa shape index (κ1) is 15.7. The highest BCUT2D eigenvalue weighted by Gasteiger charge is 2.22. The molecule has 7 heteroatoms. The number of halogens is 2. The molecule has 1 heterocycles. The molecular formula is C10H15ClIN3S2. The van der Waals surface area contributed by atoms with Crippen LogP contribution in [0.1, 0.15) is 20.8 Å². The van der Waals surface area contributed by atoms with Crippen LogP contribution in [0.15, 0.2) is 21.1 Å². The Morgan fingerprint density at radius 3 is 2.94 bits per heavy atom. The van der Waals surface area contributed by atoms with Gasteiger partial charge < -0.3 is 3.53 Å². The van der Waals surface area contributed by atoms with Crippen LogP contribution in [0.25, 0.3) is 0 Å². The zero-order chi connectivity index (χ0) is 12.8. The summed E-state index contributed by atoms with van der Waals surface area (Å²) < 4.78 is 3.05. The number of nitrogens with zero attached hydrogens (tertiary/aromatic N) is 2. The molecule has 1 N–H and O–H groups in total. The number of hydrogen-bond donors (Lipinski definition) is 1. The molecule has 0 amide bonds. The van der Waals surface area contributed by atoms with E-state index in [9.17, 15) is 0 Å². The summed E-state index contributed by atoms with van der Waals surface area (Å²) in [6, 6.07) is 0.199. The molecule has 0 saturated heterocycles. The predicted molar refractivity (Wildman–Crippen MR) is 90.6 cm³/mol. The van der Waals surface area contributed by atoms with Crippen molar-refractivity contribution in [2.75, 3.05) is 5.75 Å². The quantitative estimate of drug-likeness (QED) is 0.437. The summed E-state index contributed by atoms with van der Waals surface area (Å²) in [6.45, 7) is 6.11. The maximum Gasteiger partial charge on any atom is 0.166 e. The third-order valence-electron chi connectivity index (χ3n) is 1.80.